The van der Waals surface area contributed by atoms with E-state index in [2.05, 4.69) is 43.2 Å². The van der Waals surface area contributed by atoms with Crippen LogP contribution in [0.3, 0.4) is 0 Å². The number of likely N-dealkylation sites (tertiary alicyclic amines) is 1. The lowest BCUT2D eigenvalue weighted by molar-refractivity contribution is -0.145. The van der Waals surface area contributed by atoms with Gasteiger partial charge < -0.3 is 19.1 Å². The monoisotopic (exact) mass is 521 g/mol. The van der Waals surface area contributed by atoms with Crippen LogP contribution < -0.4 is 0 Å². The molecule has 0 N–H and O–H groups in total. The normalized spacial score (nSPS) is 17.3. The molecule has 6 nitrogen and oxygen atoms in total. The summed E-state index contributed by atoms with van der Waals surface area (Å²) in [5, 5.41) is 0. The van der Waals surface area contributed by atoms with Crippen molar-refractivity contribution in [2.45, 2.75) is 110 Å². The van der Waals surface area contributed by atoms with Crippen LogP contribution in [0.15, 0.2) is 24.3 Å². The number of unbranched alkanes of at least 4 members (excludes halogenated alkanes) is 8. The Labute approximate surface area is 227 Å². The van der Waals surface area contributed by atoms with Gasteiger partial charge >= 0.3 is 12.1 Å². The van der Waals surface area contributed by atoms with E-state index in [0.29, 0.717) is 18.9 Å². The van der Waals surface area contributed by atoms with Crippen molar-refractivity contribution in [3.05, 3.63) is 24.3 Å². The summed E-state index contributed by atoms with van der Waals surface area (Å²) in [5.74, 6) is 0.370. The minimum Gasteiger partial charge on any atom is -0.465 e. The number of ether oxygens (including phenoxy) is 3. The number of hydrogen-bond donors (Lipinski definition) is 0. The zero-order valence-electron chi connectivity index (χ0n) is 24.1. The Balaban J connectivity index is 1.89. The molecule has 0 aliphatic carbocycles. The van der Waals surface area contributed by atoms with Gasteiger partial charge in [0.2, 0.25) is 0 Å². The van der Waals surface area contributed by atoms with Gasteiger partial charge in [0.1, 0.15) is 6.61 Å². The average molecular weight is 522 g/mol. The summed E-state index contributed by atoms with van der Waals surface area (Å²) in [4.78, 5) is 26.1. The third-order valence-corrected chi connectivity index (χ3v) is 6.81. The first-order chi connectivity index (χ1) is 18.0. The van der Waals surface area contributed by atoms with E-state index in [-0.39, 0.29) is 25.1 Å². The Morgan fingerprint density at radius 2 is 1.57 bits per heavy atom. The molecule has 6 heteroatoms. The summed E-state index contributed by atoms with van der Waals surface area (Å²) in [7, 11) is 2.13. The van der Waals surface area contributed by atoms with Crippen molar-refractivity contribution in [1.29, 1.82) is 0 Å². The maximum atomic E-state index is 12.0. The molecule has 0 aromatic rings. The van der Waals surface area contributed by atoms with Gasteiger partial charge in [-0.3, -0.25) is 4.79 Å². The summed E-state index contributed by atoms with van der Waals surface area (Å²) in [6, 6.07) is 0. The zero-order chi connectivity index (χ0) is 27.0. The Bertz CT molecular complexity index is 633. The summed E-state index contributed by atoms with van der Waals surface area (Å²) in [6.07, 6.45) is 25.0. The van der Waals surface area contributed by atoms with E-state index in [1.165, 1.54) is 51.4 Å². The van der Waals surface area contributed by atoms with Crippen LogP contribution in [0.4, 0.5) is 4.79 Å². The number of carbonyl (C=O) groups is 2. The fourth-order valence-corrected chi connectivity index (χ4v) is 4.51. The quantitative estimate of drug-likeness (QED) is 0.0870. The zero-order valence-corrected chi connectivity index (χ0v) is 24.1. The number of hydrogen-bond acceptors (Lipinski definition) is 6. The van der Waals surface area contributed by atoms with Gasteiger partial charge in [0.25, 0.3) is 0 Å². The Morgan fingerprint density at radius 1 is 0.892 bits per heavy atom. The lowest BCUT2D eigenvalue weighted by Crippen LogP contribution is -2.32. The molecule has 0 spiro atoms. The molecule has 0 radical (unpaired) electrons. The molecule has 1 rings (SSSR count). The predicted octanol–water partition coefficient (Wildman–Crippen LogP) is 7.86. The molecule has 1 aliphatic rings. The standard InChI is InChI=1S/C31H55NO5/c1-4-5-6-7-8-9-10-11-12-13-14-15-16-17-18-21-30(33)36-26-28(2)27-37-31(34)35-24-22-29-20-19-23-32(3)25-29/h8-9,11-12,28-29H,4-7,10,13-27H2,1-3H3/b9-8-,12-11-. The van der Waals surface area contributed by atoms with Crippen LogP contribution in [0.25, 0.3) is 0 Å². The molecule has 2 atom stereocenters. The van der Waals surface area contributed by atoms with Crippen molar-refractivity contribution in [1.82, 2.24) is 4.90 Å². The highest BCUT2D eigenvalue weighted by Crippen LogP contribution is 2.18. The Hall–Kier alpha value is -1.82. The highest BCUT2D eigenvalue weighted by molar-refractivity contribution is 5.69. The van der Waals surface area contributed by atoms with E-state index in [1.54, 1.807) is 0 Å². The van der Waals surface area contributed by atoms with Crippen molar-refractivity contribution in [3.63, 3.8) is 0 Å². The lowest BCUT2D eigenvalue weighted by Gasteiger charge is -2.29. The first-order valence-corrected chi connectivity index (χ1v) is 14.9. The van der Waals surface area contributed by atoms with Crippen molar-refractivity contribution in [2.24, 2.45) is 11.8 Å². The third kappa shape index (κ3) is 20.9. The average Bonchev–Trinajstić information content (AvgIpc) is 2.88. The van der Waals surface area contributed by atoms with Gasteiger partial charge in [0, 0.05) is 18.9 Å². The molecule has 0 bridgehead atoms. The number of nitrogens with zero attached hydrogens (tertiary/aromatic N) is 1. The maximum absolute atomic E-state index is 12.0. The van der Waals surface area contributed by atoms with Crippen LogP contribution in [0.1, 0.15) is 110 Å². The largest absolute Gasteiger partial charge is 0.508 e. The second-order valence-corrected chi connectivity index (χ2v) is 10.7. The molecule has 0 aromatic heterocycles. The Kier molecular flexibility index (Phi) is 20.9. The third-order valence-electron chi connectivity index (χ3n) is 6.81. The van der Waals surface area contributed by atoms with Crippen LogP contribution >= 0.6 is 0 Å². The second kappa shape index (κ2) is 23.3. The van der Waals surface area contributed by atoms with E-state index in [1.807, 2.05) is 6.92 Å². The van der Waals surface area contributed by atoms with E-state index >= 15 is 0 Å². The molecule has 1 aliphatic heterocycles. The number of allylic oxidation sites excluding steroid dienone is 4. The topological polar surface area (TPSA) is 65.1 Å². The molecule has 1 saturated heterocycles. The minimum atomic E-state index is -0.632. The highest BCUT2D eigenvalue weighted by Gasteiger charge is 2.18. The van der Waals surface area contributed by atoms with Gasteiger partial charge in [-0.2, -0.15) is 0 Å². The predicted molar refractivity (Wildman–Crippen MR) is 152 cm³/mol. The molecule has 0 saturated carbocycles. The summed E-state index contributed by atoms with van der Waals surface area (Å²) in [5.41, 5.74) is 0. The van der Waals surface area contributed by atoms with Gasteiger partial charge in [-0.15, -0.1) is 0 Å². The van der Waals surface area contributed by atoms with Crippen LogP contribution in [-0.2, 0) is 19.0 Å². The van der Waals surface area contributed by atoms with Gasteiger partial charge in [-0.25, -0.2) is 4.79 Å². The summed E-state index contributed by atoms with van der Waals surface area (Å²) < 4.78 is 15.7. The van der Waals surface area contributed by atoms with Crippen LogP contribution in [0, 0.1) is 11.8 Å². The second-order valence-electron chi connectivity index (χ2n) is 10.7. The smallest absolute Gasteiger partial charge is 0.465 e. The molecule has 1 fully saturated rings. The van der Waals surface area contributed by atoms with Gasteiger partial charge in [0.05, 0.1) is 13.2 Å². The number of piperidine rings is 1. The van der Waals surface area contributed by atoms with Crippen LogP contribution in [0.5, 0.6) is 0 Å². The SMILES string of the molecule is CCCCC/C=C\C/C=C\CCCCCCCC(=O)OCC(C)COC(=O)OCCC1CCCN(C)C1. The summed E-state index contributed by atoms with van der Waals surface area (Å²) >= 11 is 0. The first-order valence-electron chi connectivity index (χ1n) is 14.9. The number of rotatable bonds is 21. The minimum absolute atomic E-state index is 0.0481. The van der Waals surface area contributed by atoms with Crippen LogP contribution in [0.2, 0.25) is 0 Å². The van der Waals surface area contributed by atoms with Gasteiger partial charge in [-0.05, 0) is 77.3 Å². The summed E-state index contributed by atoms with van der Waals surface area (Å²) in [6.45, 7) is 7.21. The van der Waals surface area contributed by atoms with Gasteiger partial charge in [0.15, 0.2) is 0 Å². The fourth-order valence-electron chi connectivity index (χ4n) is 4.51. The van der Waals surface area contributed by atoms with E-state index in [9.17, 15) is 9.59 Å². The first kappa shape index (κ1) is 33.2. The Morgan fingerprint density at radius 3 is 2.30 bits per heavy atom. The molecule has 0 aromatic carbocycles. The van der Waals surface area contributed by atoms with Crippen LogP contribution in [-0.4, -0.2) is 57.0 Å². The van der Waals surface area contributed by atoms with Crippen molar-refractivity contribution < 1.29 is 23.8 Å². The fraction of sp³-hybridized carbons (Fsp3) is 0.806. The van der Waals surface area contributed by atoms with E-state index in [4.69, 9.17) is 14.2 Å². The highest BCUT2D eigenvalue weighted by atomic mass is 16.7. The van der Waals surface area contributed by atoms with E-state index < -0.39 is 6.16 Å². The number of esters is 1. The lowest BCUT2D eigenvalue weighted by atomic mass is 9.96. The van der Waals surface area contributed by atoms with Crippen molar-refractivity contribution >= 4 is 12.1 Å². The molecular weight excluding hydrogens is 466 g/mol. The maximum Gasteiger partial charge on any atom is 0.508 e. The molecule has 1 heterocycles. The molecular formula is C31H55NO5. The van der Waals surface area contributed by atoms with Crippen molar-refractivity contribution in [3.8, 4) is 0 Å². The molecule has 214 valence electrons. The van der Waals surface area contributed by atoms with Gasteiger partial charge in [-0.1, -0.05) is 70.3 Å². The molecule has 0 amide bonds. The van der Waals surface area contributed by atoms with Crippen molar-refractivity contribution in [2.75, 3.05) is 40.0 Å². The van der Waals surface area contributed by atoms with E-state index in [0.717, 1.165) is 51.6 Å². The number of carbonyl (C=O) groups excluding carboxylic acids is 2. The molecule has 2 unspecified atom stereocenters. The molecule has 37 heavy (non-hydrogen) atoms.